The largest absolute Gasteiger partial charge is 0.493 e. The number of ether oxygens (including phenoxy) is 2. The van der Waals surface area contributed by atoms with E-state index in [-0.39, 0.29) is 0 Å². The van der Waals surface area contributed by atoms with Gasteiger partial charge in [-0.25, -0.2) is 4.52 Å². The topological polar surface area (TPSA) is 59.5 Å². The van der Waals surface area contributed by atoms with Crippen LogP contribution in [0.5, 0.6) is 11.5 Å². The van der Waals surface area contributed by atoms with Gasteiger partial charge in [-0.1, -0.05) is 0 Å². The van der Waals surface area contributed by atoms with Gasteiger partial charge in [-0.2, -0.15) is 10.4 Å². The number of aromatic nitrogens is 2. The van der Waals surface area contributed by atoms with E-state index in [0.717, 1.165) is 28.0 Å². The molecule has 5 nitrogen and oxygen atoms in total. The molecule has 0 fully saturated rings. The number of hydrogen-bond donors (Lipinski definition) is 0. The Hall–Kier alpha value is -3.00. The number of fused-ring (bicyclic) bond motifs is 1. The molecule has 0 N–H and O–H groups in total. The van der Waals surface area contributed by atoms with Crippen molar-refractivity contribution in [3.8, 4) is 28.8 Å². The van der Waals surface area contributed by atoms with Crippen LogP contribution in [0.15, 0.2) is 30.3 Å². The van der Waals surface area contributed by atoms with Crippen molar-refractivity contribution in [3.63, 3.8) is 0 Å². The Bertz CT molecular complexity index is 936. The van der Waals surface area contributed by atoms with E-state index in [1.165, 1.54) is 0 Å². The first-order valence-corrected chi connectivity index (χ1v) is 7.21. The second-order valence-corrected chi connectivity index (χ2v) is 5.35. The van der Waals surface area contributed by atoms with Gasteiger partial charge in [-0.05, 0) is 49.7 Å². The van der Waals surface area contributed by atoms with Crippen molar-refractivity contribution >= 4 is 5.52 Å². The molecule has 0 amide bonds. The maximum Gasteiger partial charge on any atom is 0.161 e. The van der Waals surface area contributed by atoms with Crippen molar-refractivity contribution in [3.05, 3.63) is 47.2 Å². The molecule has 0 unspecified atom stereocenters. The highest BCUT2D eigenvalue weighted by molar-refractivity contribution is 5.73. The lowest BCUT2D eigenvalue weighted by Crippen LogP contribution is -1.97. The molecule has 3 rings (SSSR count). The van der Waals surface area contributed by atoms with Crippen LogP contribution < -0.4 is 9.47 Å². The minimum Gasteiger partial charge on any atom is -0.493 e. The van der Waals surface area contributed by atoms with E-state index < -0.39 is 0 Å². The van der Waals surface area contributed by atoms with E-state index in [4.69, 9.17) is 9.47 Å². The average Bonchev–Trinajstić information content (AvgIpc) is 3.00. The van der Waals surface area contributed by atoms with Gasteiger partial charge in [0.2, 0.25) is 0 Å². The van der Waals surface area contributed by atoms with Crippen LogP contribution in [0.2, 0.25) is 0 Å². The van der Waals surface area contributed by atoms with Gasteiger partial charge >= 0.3 is 0 Å². The van der Waals surface area contributed by atoms with Gasteiger partial charge in [0, 0.05) is 11.3 Å². The van der Waals surface area contributed by atoms with Crippen molar-refractivity contribution < 1.29 is 9.47 Å². The van der Waals surface area contributed by atoms with Crippen LogP contribution >= 0.6 is 0 Å². The van der Waals surface area contributed by atoms with Crippen molar-refractivity contribution in [2.45, 2.75) is 13.8 Å². The summed E-state index contributed by atoms with van der Waals surface area (Å²) in [6, 6.07) is 11.8. The fourth-order valence-electron chi connectivity index (χ4n) is 2.76. The summed E-state index contributed by atoms with van der Waals surface area (Å²) in [6.07, 6.45) is 0. The number of nitriles is 1. The number of benzene rings is 1. The molecular weight excluding hydrogens is 290 g/mol. The molecule has 0 saturated heterocycles. The Labute approximate surface area is 134 Å². The summed E-state index contributed by atoms with van der Waals surface area (Å²) < 4.78 is 12.4. The fourth-order valence-corrected chi connectivity index (χ4v) is 2.76. The maximum absolute atomic E-state index is 9.41. The first kappa shape index (κ1) is 14.9. The van der Waals surface area contributed by atoms with Crippen LogP contribution in [0, 0.1) is 25.2 Å². The smallest absolute Gasteiger partial charge is 0.161 e. The molecule has 3 aromatic rings. The number of methoxy groups -OCH3 is 2. The summed E-state index contributed by atoms with van der Waals surface area (Å²) in [5.41, 5.74) is 5.10. The van der Waals surface area contributed by atoms with Crippen LogP contribution in [-0.2, 0) is 0 Å². The number of nitrogens with zero attached hydrogens (tertiary/aromatic N) is 3. The van der Waals surface area contributed by atoms with E-state index in [2.05, 4.69) is 11.2 Å². The van der Waals surface area contributed by atoms with E-state index >= 15 is 0 Å². The van der Waals surface area contributed by atoms with Gasteiger partial charge in [0.1, 0.15) is 6.07 Å². The molecule has 0 atom stereocenters. The Morgan fingerprint density at radius 2 is 1.78 bits per heavy atom. The Morgan fingerprint density at radius 1 is 1.04 bits per heavy atom. The van der Waals surface area contributed by atoms with E-state index in [1.807, 2.05) is 44.2 Å². The molecular formula is C18H17N3O2. The lowest BCUT2D eigenvalue weighted by atomic mass is 10.1. The van der Waals surface area contributed by atoms with Crippen molar-refractivity contribution in [1.29, 1.82) is 5.26 Å². The molecule has 0 spiro atoms. The SMILES string of the molecule is COc1ccc(-c2cc3c(C#N)c(C)cc(C)n3n2)cc1OC. The van der Waals surface area contributed by atoms with Gasteiger partial charge < -0.3 is 9.47 Å². The Kier molecular flexibility index (Phi) is 3.67. The first-order chi connectivity index (χ1) is 11.1. The van der Waals surface area contributed by atoms with Gasteiger partial charge in [0.05, 0.1) is 31.0 Å². The van der Waals surface area contributed by atoms with E-state index in [1.54, 1.807) is 18.7 Å². The molecule has 0 aliphatic heterocycles. The van der Waals surface area contributed by atoms with Crippen LogP contribution in [0.3, 0.4) is 0 Å². The molecule has 2 aromatic heterocycles. The summed E-state index contributed by atoms with van der Waals surface area (Å²) in [4.78, 5) is 0. The van der Waals surface area contributed by atoms with Crippen LogP contribution in [-0.4, -0.2) is 23.8 Å². The van der Waals surface area contributed by atoms with E-state index in [0.29, 0.717) is 17.1 Å². The third kappa shape index (κ3) is 2.38. The molecule has 0 aliphatic carbocycles. The molecule has 0 radical (unpaired) electrons. The average molecular weight is 307 g/mol. The zero-order valence-electron chi connectivity index (χ0n) is 13.5. The Morgan fingerprint density at radius 3 is 2.43 bits per heavy atom. The zero-order chi connectivity index (χ0) is 16.6. The normalized spacial score (nSPS) is 10.6. The third-order valence-corrected chi connectivity index (χ3v) is 3.91. The number of pyridine rings is 1. The highest BCUT2D eigenvalue weighted by Gasteiger charge is 2.14. The lowest BCUT2D eigenvalue weighted by molar-refractivity contribution is 0.355. The van der Waals surface area contributed by atoms with Gasteiger partial charge in [-0.15, -0.1) is 0 Å². The summed E-state index contributed by atoms with van der Waals surface area (Å²) in [5.74, 6) is 1.32. The minimum atomic E-state index is 0.648. The van der Waals surface area contributed by atoms with Crippen molar-refractivity contribution in [2.24, 2.45) is 0 Å². The van der Waals surface area contributed by atoms with Gasteiger partial charge in [0.25, 0.3) is 0 Å². The fraction of sp³-hybridized carbons (Fsp3) is 0.222. The van der Waals surface area contributed by atoms with Crippen molar-refractivity contribution in [2.75, 3.05) is 14.2 Å². The molecule has 1 aromatic carbocycles. The second kappa shape index (κ2) is 5.65. The predicted octanol–water partition coefficient (Wildman–Crippen LogP) is 3.51. The molecule has 0 saturated carbocycles. The zero-order valence-corrected chi connectivity index (χ0v) is 13.5. The highest BCUT2D eigenvalue weighted by atomic mass is 16.5. The minimum absolute atomic E-state index is 0.648. The molecule has 2 heterocycles. The molecule has 0 bridgehead atoms. The summed E-state index contributed by atoms with van der Waals surface area (Å²) in [6.45, 7) is 3.92. The number of hydrogen-bond acceptors (Lipinski definition) is 4. The summed E-state index contributed by atoms with van der Waals surface area (Å²) in [7, 11) is 3.21. The maximum atomic E-state index is 9.41. The standard InChI is InChI=1S/C18H17N3O2/c1-11-7-12(2)21-16(14(11)10-19)9-15(20-21)13-5-6-17(22-3)18(8-13)23-4/h5-9H,1-4H3. The highest BCUT2D eigenvalue weighted by Crippen LogP contribution is 2.32. The third-order valence-electron chi connectivity index (χ3n) is 3.91. The van der Waals surface area contributed by atoms with Crippen LogP contribution in [0.1, 0.15) is 16.8 Å². The van der Waals surface area contributed by atoms with Crippen molar-refractivity contribution in [1.82, 2.24) is 9.61 Å². The van der Waals surface area contributed by atoms with Crippen LogP contribution in [0.4, 0.5) is 0 Å². The second-order valence-electron chi connectivity index (χ2n) is 5.35. The predicted molar refractivity (Wildman–Crippen MR) is 87.9 cm³/mol. The number of aryl methyl sites for hydroxylation is 2. The first-order valence-electron chi connectivity index (χ1n) is 7.21. The Balaban J connectivity index is 2.22. The quantitative estimate of drug-likeness (QED) is 0.743. The lowest BCUT2D eigenvalue weighted by Gasteiger charge is -2.08. The molecule has 116 valence electrons. The van der Waals surface area contributed by atoms with Crippen LogP contribution in [0.25, 0.3) is 16.8 Å². The molecule has 0 aliphatic rings. The van der Waals surface area contributed by atoms with E-state index in [9.17, 15) is 5.26 Å². The molecule has 5 heteroatoms. The van der Waals surface area contributed by atoms with Gasteiger partial charge in [-0.3, -0.25) is 0 Å². The monoisotopic (exact) mass is 307 g/mol. The summed E-state index contributed by atoms with van der Waals surface area (Å²) in [5, 5.41) is 14.0. The van der Waals surface area contributed by atoms with Gasteiger partial charge in [0.15, 0.2) is 11.5 Å². The summed E-state index contributed by atoms with van der Waals surface area (Å²) >= 11 is 0. The number of rotatable bonds is 3. The molecule has 23 heavy (non-hydrogen) atoms.